The van der Waals surface area contributed by atoms with Crippen molar-refractivity contribution in [2.45, 2.75) is 44.2 Å². The summed E-state index contributed by atoms with van der Waals surface area (Å²) in [4.78, 5) is -0.0485. The van der Waals surface area contributed by atoms with E-state index in [1.165, 1.54) is 52.0 Å². The third-order valence-electron chi connectivity index (χ3n) is 3.83. The molecule has 0 bridgehead atoms. The molecular formula is C17H29FO8P2S. The Morgan fingerprint density at radius 2 is 1.21 bits per heavy atom. The summed E-state index contributed by atoms with van der Waals surface area (Å²) in [6.45, 7) is 4.97. The number of sulfone groups is 1. The standard InChI is InChI=1S/C17H29FO8P2S/c1-5-23-27(19,24-6-2)17(18,28(20,25-7-3)26-8-4)14-15-29(21,22)16-12-10-9-11-13-16/h9-13H,5-8,14-15H2,1-4H3. The number of halogens is 1. The molecule has 0 N–H and O–H groups in total. The van der Waals surface area contributed by atoms with Crippen molar-refractivity contribution in [2.75, 3.05) is 32.2 Å². The monoisotopic (exact) mass is 474 g/mol. The number of rotatable bonds is 14. The fourth-order valence-electron chi connectivity index (χ4n) is 2.58. The van der Waals surface area contributed by atoms with Gasteiger partial charge in [-0.3, -0.25) is 9.13 Å². The van der Waals surface area contributed by atoms with Crippen molar-refractivity contribution in [3.05, 3.63) is 30.3 Å². The predicted octanol–water partition coefficient (Wildman–Crippen LogP) is 5.01. The average molecular weight is 474 g/mol. The van der Waals surface area contributed by atoms with E-state index in [0.29, 0.717) is 0 Å². The van der Waals surface area contributed by atoms with Gasteiger partial charge >= 0.3 is 20.3 Å². The lowest BCUT2D eigenvalue weighted by Gasteiger charge is -2.36. The van der Waals surface area contributed by atoms with Crippen LogP contribution in [0.4, 0.5) is 4.39 Å². The molecule has 8 nitrogen and oxygen atoms in total. The Morgan fingerprint density at radius 1 is 0.828 bits per heavy atom. The lowest BCUT2D eigenvalue weighted by atomic mass is 10.4. The van der Waals surface area contributed by atoms with Crippen LogP contribution >= 0.6 is 15.2 Å². The first-order valence-corrected chi connectivity index (χ1v) is 14.0. The third-order valence-corrected chi connectivity index (χ3v) is 11.5. The van der Waals surface area contributed by atoms with Crippen molar-refractivity contribution >= 4 is 25.0 Å². The molecule has 0 aromatic heterocycles. The maximum absolute atomic E-state index is 16.4. The molecule has 0 fully saturated rings. The second-order valence-corrected chi connectivity index (χ2v) is 12.7. The topological polar surface area (TPSA) is 105 Å². The summed E-state index contributed by atoms with van der Waals surface area (Å²) in [5.74, 6) is -0.804. The molecule has 0 aliphatic heterocycles. The first-order chi connectivity index (χ1) is 13.6. The van der Waals surface area contributed by atoms with Crippen LogP contribution in [-0.2, 0) is 37.1 Å². The van der Waals surface area contributed by atoms with Crippen LogP contribution < -0.4 is 0 Å². The maximum Gasteiger partial charge on any atom is 0.380 e. The minimum Gasteiger partial charge on any atom is -0.306 e. The van der Waals surface area contributed by atoms with Gasteiger partial charge in [-0.15, -0.1) is 0 Å². The summed E-state index contributed by atoms with van der Waals surface area (Å²) < 4.78 is 88.7. The van der Waals surface area contributed by atoms with E-state index < -0.39 is 42.4 Å². The van der Waals surface area contributed by atoms with Crippen molar-refractivity contribution in [3.63, 3.8) is 0 Å². The molecule has 0 unspecified atom stereocenters. The Labute approximate surface area is 172 Å². The maximum atomic E-state index is 16.4. The zero-order valence-corrected chi connectivity index (χ0v) is 19.7. The van der Waals surface area contributed by atoms with E-state index in [1.54, 1.807) is 6.07 Å². The smallest absolute Gasteiger partial charge is 0.306 e. The minimum atomic E-state index is -4.74. The van der Waals surface area contributed by atoms with Crippen LogP contribution in [0, 0.1) is 0 Å². The van der Waals surface area contributed by atoms with Crippen LogP contribution in [0.15, 0.2) is 35.2 Å². The molecule has 0 saturated carbocycles. The minimum absolute atomic E-state index is 0.0485. The van der Waals surface area contributed by atoms with E-state index in [-0.39, 0.29) is 31.3 Å². The second kappa shape index (κ2) is 11.1. The molecule has 12 heteroatoms. The fraction of sp³-hybridized carbons (Fsp3) is 0.647. The Morgan fingerprint density at radius 3 is 1.55 bits per heavy atom. The highest BCUT2D eigenvalue weighted by atomic mass is 32.2. The molecule has 0 atom stereocenters. The van der Waals surface area contributed by atoms with E-state index in [9.17, 15) is 17.5 Å². The summed E-state index contributed by atoms with van der Waals surface area (Å²) in [7, 11) is -13.5. The lowest BCUT2D eigenvalue weighted by Crippen LogP contribution is -2.31. The highest BCUT2D eigenvalue weighted by molar-refractivity contribution is 7.91. The number of benzene rings is 1. The van der Waals surface area contributed by atoms with Gasteiger partial charge in [-0.2, -0.15) is 0 Å². The first-order valence-electron chi connectivity index (χ1n) is 9.31. The summed E-state index contributed by atoms with van der Waals surface area (Å²) in [6.07, 6.45) is -0.960. The molecule has 0 radical (unpaired) electrons. The molecule has 1 aromatic rings. The Bertz CT molecular complexity index is 781. The van der Waals surface area contributed by atoms with Crippen molar-refractivity contribution < 1.29 is 40.0 Å². The first kappa shape index (κ1) is 26.4. The highest BCUT2D eigenvalue weighted by Crippen LogP contribution is 2.79. The molecular weight excluding hydrogens is 445 g/mol. The SMILES string of the molecule is CCOP(=O)(OCC)C(F)(CCS(=O)(=O)c1ccccc1)P(=O)(OCC)OCC. The van der Waals surface area contributed by atoms with Gasteiger partial charge in [-0.05, 0) is 39.8 Å². The van der Waals surface area contributed by atoms with Gasteiger partial charge in [0.25, 0.3) is 0 Å². The Kier molecular flexibility index (Phi) is 10.2. The number of alkyl halides is 1. The second-order valence-electron chi connectivity index (χ2n) is 5.77. The van der Waals surface area contributed by atoms with E-state index >= 15 is 4.39 Å². The number of hydrogen-bond donors (Lipinski definition) is 0. The van der Waals surface area contributed by atoms with Crippen LogP contribution in [0.1, 0.15) is 34.1 Å². The average Bonchev–Trinajstić information content (AvgIpc) is 2.67. The van der Waals surface area contributed by atoms with Crippen molar-refractivity contribution in [1.82, 2.24) is 0 Å². The largest absolute Gasteiger partial charge is 0.380 e. The number of hydrogen-bond acceptors (Lipinski definition) is 8. The van der Waals surface area contributed by atoms with Gasteiger partial charge in [0.1, 0.15) is 0 Å². The Balaban J connectivity index is 3.47. The molecule has 0 aliphatic carbocycles. The molecule has 0 saturated heterocycles. The van der Waals surface area contributed by atoms with Gasteiger partial charge < -0.3 is 18.1 Å². The van der Waals surface area contributed by atoms with E-state index in [4.69, 9.17) is 18.1 Å². The molecule has 0 spiro atoms. The summed E-state index contributed by atoms with van der Waals surface area (Å²) in [5, 5.41) is -3.31. The Hall–Kier alpha value is -0.600. The van der Waals surface area contributed by atoms with Crippen molar-refractivity contribution in [1.29, 1.82) is 0 Å². The summed E-state index contributed by atoms with van der Waals surface area (Å²) in [5.41, 5.74) is 0. The molecule has 0 heterocycles. The zero-order valence-electron chi connectivity index (χ0n) is 17.1. The third kappa shape index (κ3) is 5.97. The van der Waals surface area contributed by atoms with E-state index in [1.807, 2.05) is 0 Å². The zero-order chi connectivity index (χ0) is 22.2. The van der Waals surface area contributed by atoms with Gasteiger partial charge in [0.15, 0.2) is 9.84 Å². The molecule has 168 valence electrons. The van der Waals surface area contributed by atoms with Gasteiger partial charge in [0.2, 0.25) is 0 Å². The van der Waals surface area contributed by atoms with Crippen molar-refractivity contribution in [2.24, 2.45) is 0 Å². The molecule has 0 amide bonds. The van der Waals surface area contributed by atoms with Crippen LogP contribution in [0.2, 0.25) is 0 Å². The molecule has 1 aromatic carbocycles. The van der Waals surface area contributed by atoms with Gasteiger partial charge in [0, 0.05) is 6.42 Å². The predicted molar refractivity (Wildman–Crippen MR) is 109 cm³/mol. The lowest BCUT2D eigenvalue weighted by molar-refractivity contribution is 0.133. The van der Waals surface area contributed by atoms with E-state index in [2.05, 4.69) is 0 Å². The van der Waals surface area contributed by atoms with Gasteiger partial charge in [-0.25, -0.2) is 12.8 Å². The van der Waals surface area contributed by atoms with Crippen molar-refractivity contribution in [3.8, 4) is 0 Å². The van der Waals surface area contributed by atoms with Crippen LogP contribution in [0.5, 0.6) is 0 Å². The van der Waals surface area contributed by atoms with Crippen LogP contribution in [0.3, 0.4) is 0 Å². The van der Waals surface area contributed by atoms with Crippen LogP contribution in [-0.4, -0.2) is 45.7 Å². The molecule has 1 rings (SSSR count). The highest BCUT2D eigenvalue weighted by Gasteiger charge is 2.67. The quantitative estimate of drug-likeness (QED) is 0.347. The summed E-state index contributed by atoms with van der Waals surface area (Å²) in [6, 6.07) is 7.38. The fourth-order valence-corrected chi connectivity index (χ4v) is 9.21. The van der Waals surface area contributed by atoms with E-state index in [0.717, 1.165) is 0 Å². The van der Waals surface area contributed by atoms with Crippen LogP contribution in [0.25, 0.3) is 0 Å². The van der Waals surface area contributed by atoms with Gasteiger partial charge in [0.05, 0.1) is 37.1 Å². The molecule has 0 aliphatic rings. The summed E-state index contributed by atoms with van der Waals surface area (Å²) >= 11 is 0. The molecule has 29 heavy (non-hydrogen) atoms. The normalized spacial score (nSPS) is 13.6. The van der Waals surface area contributed by atoms with Gasteiger partial charge in [-0.1, -0.05) is 18.2 Å².